The number of ether oxygens (including phenoxy) is 2. The Balaban J connectivity index is 2.44. The average Bonchev–Trinajstić information content (AvgIpc) is 3.33. The van der Waals surface area contributed by atoms with Gasteiger partial charge in [0.15, 0.2) is 13.2 Å². The van der Waals surface area contributed by atoms with Crippen molar-refractivity contribution in [3.05, 3.63) is 43.7 Å². The number of carbonyl (C=O) groups is 6. The standard InChI is InChI=1S/C41H56I6N6O18/c42-29-25(37(66)50(1-9-54)2-10-55)31(44)35(32(45)26(29)38(67)51(3-11-56)4-12-57)70-17-23(64)48-19-41(21-62,22-63)20-49-24(65)18-71-36-33(46)27(39(68)52(5-13-58)6-14-59)30(43)28(34(36)47)40(69)53(7-15-60)8-16-61/h54-63H,1-22H2,(H,48,64)(H,49,65). The second-order valence-corrected chi connectivity index (χ2v) is 21.4. The van der Waals surface area contributed by atoms with Crippen LogP contribution in [0.25, 0.3) is 0 Å². The summed E-state index contributed by atoms with van der Waals surface area (Å²) in [4.78, 5) is 87.1. The van der Waals surface area contributed by atoms with E-state index in [1.165, 1.54) is 0 Å². The first-order valence-corrected chi connectivity index (χ1v) is 27.7. The maximum Gasteiger partial charge on any atom is 0.257 e. The van der Waals surface area contributed by atoms with Gasteiger partial charge in [-0.2, -0.15) is 0 Å². The van der Waals surface area contributed by atoms with E-state index in [1.807, 2.05) is 90.4 Å². The summed E-state index contributed by atoms with van der Waals surface area (Å²) in [6, 6.07) is 0. The van der Waals surface area contributed by atoms with E-state index in [2.05, 4.69) is 10.6 Å². The zero-order valence-electron chi connectivity index (χ0n) is 37.9. The molecule has 0 atom stereocenters. The lowest BCUT2D eigenvalue weighted by Crippen LogP contribution is -2.51. The number of hydrogen-bond acceptors (Lipinski definition) is 18. The number of rotatable bonds is 32. The van der Waals surface area contributed by atoms with Crippen LogP contribution >= 0.6 is 136 Å². The van der Waals surface area contributed by atoms with E-state index in [1.54, 1.807) is 45.2 Å². The number of halogens is 6. The molecule has 0 aromatic heterocycles. The summed E-state index contributed by atoms with van der Waals surface area (Å²) in [5.41, 5.74) is -1.74. The molecule has 2 rings (SSSR count). The van der Waals surface area contributed by atoms with Crippen LogP contribution in [-0.2, 0) is 9.59 Å². The number of aliphatic hydroxyl groups is 10. The molecule has 400 valence electrons. The minimum atomic E-state index is -1.57. The molecule has 12 N–H and O–H groups in total. The van der Waals surface area contributed by atoms with Gasteiger partial charge in [-0.3, -0.25) is 28.8 Å². The topological polar surface area (TPSA) is 360 Å². The molecule has 0 saturated heterocycles. The number of hydrogen-bond donors (Lipinski definition) is 12. The molecule has 0 fully saturated rings. The summed E-state index contributed by atoms with van der Waals surface area (Å²) in [5, 5.41) is 103. The third-order valence-corrected chi connectivity index (χ3v) is 16.5. The third-order valence-electron chi connectivity index (χ3n) is 10.2. The molecule has 2 aromatic rings. The zero-order valence-corrected chi connectivity index (χ0v) is 50.8. The molecule has 0 aliphatic rings. The first-order valence-electron chi connectivity index (χ1n) is 21.3. The van der Waals surface area contributed by atoms with Gasteiger partial charge in [-0.15, -0.1) is 0 Å². The molecule has 30 heteroatoms. The Morgan fingerprint density at radius 1 is 0.380 bits per heavy atom. The number of nitrogens with one attached hydrogen (secondary N) is 2. The van der Waals surface area contributed by atoms with E-state index in [-0.39, 0.29) is 108 Å². The normalized spacial score (nSPS) is 11.3. The second kappa shape index (κ2) is 33.8. The van der Waals surface area contributed by atoms with Crippen molar-refractivity contribution in [3.8, 4) is 11.5 Å². The highest BCUT2D eigenvalue weighted by atomic mass is 127. The van der Waals surface area contributed by atoms with Crippen LogP contribution in [0.1, 0.15) is 41.4 Å². The molecule has 2 aromatic carbocycles. The maximum atomic E-state index is 13.9. The van der Waals surface area contributed by atoms with Gasteiger partial charge >= 0.3 is 0 Å². The minimum absolute atomic E-state index is 0.0423. The summed E-state index contributed by atoms with van der Waals surface area (Å²) >= 11 is 10.9. The summed E-state index contributed by atoms with van der Waals surface area (Å²) in [6.07, 6.45) is 0. The quantitative estimate of drug-likeness (QED) is 0.0342. The van der Waals surface area contributed by atoms with Crippen molar-refractivity contribution in [2.45, 2.75) is 0 Å². The number of aliphatic hydroxyl groups excluding tert-OH is 10. The number of nitrogens with zero attached hydrogens (tertiary/aromatic N) is 4. The van der Waals surface area contributed by atoms with Crippen molar-refractivity contribution >= 4 is 171 Å². The van der Waals surface area contributed by atoms with Crippen LogP contribution in [0.2, 0.25) is 0 Å². The van der Waals surface area contributed by atoms with Crippen LogP contribution in [0, 0.1) is 26.8 Å². The molecule has 71 heavy (non-hydrogen) atoms. The largest absolute Gasteiger partial charge is 0.481 e. The minimum Gasteiger partial charge on any atom is -0.481 e. The predicted octanol–water partition coefficient (Wildman–Crippen LogP) is -2.32. The van der Waals surface area contributed by atoms with Crippen molar-refractivity contribution in [2.24, 2.45) is 5.41 Å². The van der Waals surface area contributed by atoms with Crippen LogP contribution < -0.4 is 20.1 Å². The van der Waals surface area contributed by atoms with Crippen LogP contribution in [-0.4, -0.2) is 251 Å². The van der Waals surface area contributed by atoms with Crippen LogP contribution in [0.3, 0.4) is 0 Å². The van der Waals surface area contributed by atoms with Crippen LogP contribution in [0.4, 0.5) is 0 Å². The Hall–Kier alpha value is -1.16. The summed E-state index contributed by atoms with van der Waals surface area (Å²) < 4.78 is 12.9. The van der Waals surface area contributed by atoms with Gasteiger partial charge in [-0.1, -0.05) is 0 Å². The highest BCUT2D eigenvalue weighted by Gasteiger charge is 2.36. The van der Waals surface area contributed by atoms with E-state index in [4.69, 9.17) is 9.47 Å². The fourth-order valence-electron chi connectivity index (χ4n) is 6.43. The average molecular weight is 1680 g/mol. The molecule has 6 amide bonds. The molecule has 0 aliphatic heterocycles. The zero-order chi connectivity index (χ0) is 53.6. The molecule has 0 bridgehead atoms. The van der Waals surface area contributed by atoms with E-state index < -0.39 is 133 Å². The van der Waals surface area contributed by atoms with E-state index in [0.717, 1.165) is 19.6 Å². The monoisotopic (exact) mass is 1680 g/mol. The molecule has 0 unspecified atom stereocenters. The first kappa shape index (κ1) is 66.0. The Bertz CT molecular complexity index is 1880. The Kier molecular flexibility index (Phi) is 31.4. The van der Waals surface area contributed by atoms with Gasteiger partial charge in [0.25, 0.3) is 35.4 Å². The van der Waals surface area contributed by atoms with Gasteiger partial charge in [-0.05, 0) is 136 Å². The van der Waals surface area contributed by atoms with Crippen molar-refractivity contribution in [1.82, 2.24) is 30.2 Å². The Morgan fingerprint density at radius 3 is 0.775 bits per heavy atom. The molecular formula is C41H56I6N6O18. The SMILES string of the molecule is O=C(COc1c(I)c(C(=O)N(CCO)CCO)c(I)c(C(=O)N(CCO)CCO)c1I)NCC(CO)(CO)CNC(=O)COc1c(I)c(C(=O)N(CCO)CCO)c(I)c(C(=O)N(CCO)CCO)c1I. The molecule has 0 radical (unpaired) electrons. The lowest BCUT2D eigenvalue weighted by atomic mass is 9.89. The Morgan fingerprint density at radius 2 is 0.592 bits per heavy atom. The smallest absolute Gasteiger partial charge is 0.257 e. The predicted molar refractivity (Wildman–Crippen MR) is 303 cm³/mol. The molecule has 0 spiro atoms. The second-order valence-electron chi connectivity index (χ2n) is 14.9. The van der Waals surface area contributed by atoms with Gasteiger partial charge in [0.05, 0.1) is 108 Å². The van der Waals surface area contributed by atoms with Crippen molar-refractivity contribution in [1.29, 1.82) is 0 Å². The maximum absolute atomic E-state index is 13.9. The van der Waals surface area contributed by atoms with Crippen molar-refractivity contribution in [3.63, 3.8) is 0 Å². The fourth-order valence-corrected chi connectivity index (χ4v) is 15.2. The Labute approximate surface area is 490 Å². The van der Waals surface area contributed by atoms with Crippen molar-refractivity contribution < 1.29 is 89.3 Å². The highest BCUT2D eigenvalue weighted by Crippen LogP contribution is 2.40. The molecule has 0 aliphatic carbocycles. The van der Waals surface area contributed by atoms with Crippen LogP contribution in [0.15, 0.2) is 0 Å². The van der Waals surface area contributed by atoms with E-state index >= 15 is 0 Å². The molecular weight excluding hydrogens is 1630 g/mol. The van der Waals surface area contributed by atoms with E-state index in [9.17, 15) is 79.8 Å². The van der Waals surface area contributed by atoms with Gasteiger partial charge in [-0.25, -0.2) is 0 Å². The van der Waals surface area contributed by atoms with Gasteiger partial charge in [0.1, 0.15) is 11.5 Å². The molecule has 24 nitrogen and oxygen atoms in total. The number of benzene rings is 2. The van der Waals surface area contributed by atoms with E-state index in [0.29, 0.717) is 0 Å². The number of carbonyl (C=O) groups excluding carboxylic acids is 6. The molecule has 0 heterocycles. The summed E-state index contributed by atoms with van der Waals surface area (Å²) in [6.45, 7) is -8.72. The fraction of sp³-hybridized carbons (Fsp3) is 0.561. The molecule has 0 saturated carbocycles. The summed E-state index contributed by atoms with van der Waals surface area (Å²) in [5.74, 6) is -4.44. The summed E-state index contributed by atoms with van der Waals surface area (Å²) in [7, 11) is 0. The van der Waals surface area contributed by atoms with Crippen molar-refractivity contribution in [2.75, 3.05) is 145 Å². The third kappa shape index (κ3) is 18.0. The van der Waals surface area contributed by atoms with Crippen LogP contribution in [0.5, 0.6) is 11.5 Å². The van der Waals surface area contributed by atoms with Gasteiger partial charge < -0.3 is 90.8 Å². The van der Waals surface area contributed by atoms with Gasteiger partial charge in [0, 0.05) is 72.6 Å². The first-order chi connectivity index (χ1) is 33.8. The highest BCUT2D eigenvalue weighted by molar-refractivity contribution is 14.1. The number of amides is 6. The lowest BCUT2D eigenvalue weighted by molar-refractivity contribution is -0.124. The lowest BCUT2D eigenvalue weighted by Gasteiger charge is -2.30. The van der Waals surface area contributed by atoms with Gasteiger partial charge in [0.2, 0.25) is 0 Å².